The molecule has 82 valence electrons. The highest BCUT2D eigenvalue weighted by Gasteiger charge is 2.04. The molecule has 0 bridgehead atoms. The van der Waals surface area contributed by atoms with Crippen LogP contribution in [0.15, 0.2) is 23.1 Å². The quantitative estimate of drug-likeness (QED) is 0.737. The molecule has 6 heteroatoms. The van der Waals surface area contributed by atoms with Crippen molar-refractivity contribution < 1.29 is 0 Å². The van der Waals surface area contributed by atoms with Gasteiger partial charge >= 0.3 is 0 Å². The van der Waals surface area contributed by atoms with Crippen molar-refractivity contribution in [3.05, 3.63) is 40.2 Å². The van der Waals surface area contributed by atoms with E-state index >= 15 is 0 Å². The smallest absolute Gasteiger partial charge is 0.251 e. The average Bonchev–Trinajstić information content (AvgIpc) is 2.28. The van der Waals surface area contributed by atoms with Crippen LogP contribution in [0.2, 0.25) is 0 Å². The summed E-state index contributed by atoms with van der Waals surface area (Å²) in [5.74, 6) is 1.04. The SMILES string of the molecule is Cc1nccc(-c2nc(CN)cc(=O)[nH]2)n1. The standard InChI is InChI=1S/C10H11N5O/c1-6-12-3-2-8(13-6)10-14-7(5-11)4-9(16)15-10/h2-4H,5,11H2,1H3,(H,14,15,16). The Morgan fingerprint density at radius 1 is 1.44 bits per heavy atom. The van der Waals surface area contributed by atoms with E-state index in [-0.39, 0.29) is 12.1 Å². The number of aromatic nitrogens is 4. The van der Waals surface area contributed by atoms with Crippen LogP contribution in [0.3, 0.4) is 0 Å². The van der Waals surface area contributed by atoms with Gasteiger partial charge in [0, 0.05) is 18.8 Å². The molecule has 3 N–H and O–H groups in total. The first-order valence-electron chi connectivity index (χ1n) is 4.79. The number of rotatable bonds is 2. The summed E-state index contributed by atoms with van der Waals surface area (Å²) in [5, 5.41) is 0. The maximum Gasteiger partial charge on any atom is 0.251 e. The second kappa shape index (κ2) is 4.19. The third kappa shape index (κ3) is 2.12. The zero-order valence-electron chi connectivity index (χ0n) is 8.77. The molecule has 0 spiro atoms. The minimum Gasteiger partial charge on any atom is -0.325 e. The predicted molar refractivity (Wildman–Crippen MR) is 58.5 cm³/mol. The highest BCUT2D eigenvalue weighted by Crippen LogP contribution is 2.09. The first-order valence-corrected chi connectivity index (χ1v) is 4.79. The molecule has 0 aliphatic rings. The lowest BCUT2D eigenvalue weighted by atomic mass is 10.3. The normalized spacial score (nSPS) is 10.4. The molecule has 0 radical (unpaired) electrons. The van der Waals surface area contributed by atoms with Gasteiger partial charge in [0.15, 0.2) is 5.82 Å². The third-order valence-electron chi connectivity index (χ3n) is 2.02. The van der Waals surface area contributed by atoms with Crippen LogP contribution in [0.1, 0.15) is 11.5 Å². The molecule has 16 heavy (non-hydrogen) atoms. The largest absolute Gasteiger partial charge is 0.325 e. The van der Waals surface area contributed by atoms with Gasteiger partial charge in [-0.15, -0.1) is 0 Å². The first kappa shape index (κ1) is 10.4. The van der Waals surface area contributed by atoms with Crippen molar-refractivity contribution in [3.63, 3.8) is 0 Å². The minimum absolute atomic E-state index is 0.223. The second-order valence-corrected chi connectivity index (χ2v) is 3.28. The van der Waals surface area contributed by atoms with Crippen LogP contribution in [0.4, 0.5) is 0 Å². The fourth-order valence-electron chi connectivity index (χ4n) is 1.32. The first-order chi connectivity index (χ1) is 7.69. The Bertz CT molecular complexity index is 563. The van der Waals surface area contributed by atoms with E-state index in [4.69, 9.17) is 5.73 Å². The maximum atomic E-state index is 11.3. The molecule has 2 aromatic rings. The molecular formula is C10H11N5O. The van der Waals surface area contributed by atoms with Crippen molar-refractivity contribution in [1.29, 1.82) is 0 Å². The summed E-state index contributed by atoms with van der Waals surface area (Å²) in [4.78, 5) is 26.3. The van der Waals surface area contributed by atoms with Crippen LogP contribution in [-0.4, -0.2) is 19.9 Å². The molecule has 0 atom stereocenters. The van der Waals surface area contributed by atoms with Crippen LogP contribution in [0, 0.1) is 6.92 Å². The molecule has 6 nitrogen and oxygen atoms in total. The lowest BCUT2D eigenvalue weighted by molar-refractivity contribution is 0.943. The number of hydrogen-bond acceptors (Lipinski definition) is 5. The monoisotopic (exact) mass is 217 g/mol. The fraction of sp³-hybridized carbons (Fsp3) is 0.200. The van der Waals surface area contributed by atoms with E-state index in [2.05, 4.69) is 19.9 Å². The van der Waals surface area contributed by atoms with Gasteiger partial charge in [-0.3, -0.25) is 4.79 Å². The number of aromatic amines is 1. The molecule has 0 aliphatic heterocycles. The number of nitrogens with one attached hydrogen (secondary N) is 1. The van der Waals surface area contributed by atoms with Gasteiger partial charge in [-0.1, -0.05) is 0 Å². The van der Waals surface area contributed by atoms with Crippen molar-refractivity contribution in [2.45, 2.75) is 13.5 Å². The lowest BCUT2D eigenvalue weighted by Gasteiger charge is -2.02. The number of nitrogens with zero attached hydrogens (tertiary/aromatic N) is 3. The Hall–Kier alpha value is -2.08. The van der Waals surface area contributed by atoms with Gasteiger partial charge in [0.2, 0.25) is 0 Å². The minimum atomic E-state index is -0.235. The van der Waals surface area contributed by atoms with Crippen molar-refractivity contribution in [3.8, 4) is 11.5 Å². The van der Waals surface area contributed by atoms with E-state index in [1.807, 2.05) is 0 Å². The van der Waals surface area contributed by atoms with E-state index in [0.717, 1.165) is 0 Å². The number of aryl methyl sites for hydroxylation is 1. The van der Waals surface area contributed by atoms with E-state index in [1.165, 1.54) is 6.07 Å². The Labute approximate surface area is 91.6 Å². The second-order valence-electron chi connectivity index (χ2n) is 3.28. The Kier molecular flexibility index (Phi) is 2.74. The molecule has 0 saturated carbocycles. The summed E-state index contributed by atoms with van der Waals surface area (Å²) in [6, 6.07) is 3.06. The molecule has 2 aromatic heterocycles. The fourth-order valence-corrected chi connectivity index (χ4v) is 1.32. The van der Waals surface area contributed by atoms with Crippen molar-refractivity contribution in [2.24, 2.45) is 5.73 Å². The summed E-state index contributed by atoms with van der Waals surface area (Å²) >= 11 is 0. The Balaban J connectivity index is 2.55. The molecule has 2 rings (SSSR count). The van der Waals surface area contributed by atoms with E-state index < -0.39 is 0 Å². The summed E-state index contributed by atoms with van der Waals surface area (Å²) in [5.41, 5.74) is 6.33. The zero-order chi connectivity index (χ0) is 11.5. The summed E-state index contributed by atoms with van der Waals surface area (Å²) in [6.07, 6.45) is 1.62. The zero-order valence-corrected chi connectivity index (χ0v) is 8.77. The summed E-state index contributed by atoms with van der Waals surface area (Å²) in [7, 11) is 0. The lowest BCUT2D eigenvalue weighted by Crippen LogP contribution is -2.13. The van der Waals surface area contributed by atoms with Gasteiger partial charge in [-0.2, -0.15) is 0 Å². The molecule has 0 amide bonds. The topological polar surface area (TPSA) is 97.5 Å². The van der Waals surface area contributed by atoms with E-state index in [9.17, 15) is 4.79 Å². The van der Waals surface area contributed by atoms with Crippen molar-refractivity contribution in [2.75, 3.05) is 0 Å². The molecular weight excluding hydrogens is 206 g/mol. The average molecular weight is 217 g/mol. The van der Waals surface area contributed by atoms with Gasteiger partial charge in [-0.05, 0) is 13.0 Å². The van der Waals surface area contributed by atoms with E-state index in [0.29, 0.717) is 23.0 Å². The maximum absolute atomic E-state index is 11.3. The van der Waals surface area contributed by atoms with Gasteiger partial charge in [0.1, 0.15) is 11.5 Å². The highest BCUT2D eigenvalue weighted by atomic mass is 16.1. The van der Waals surface area contributed by atoms with Crippen molar-refractivity contribution >= 4 is 0 Å². The molecule has 0 unspecified atom stereocenters. The van der Waals surface area contributed by atoms with Crippen LogP contribution in [0.25, 0.3) is 11.5 Å². The molecule has 0 saturated heterocycles. The van der Waals surface area contributed by atoms with Crippen molar-refractivity contribution in [1.82, 2.24) is 19.9 Å². The van der Waals surface area contributed by atoms with Gasteiger partial charge in [-0.25, -0.2) is 15.0 Å². The van der Waals surface area contributed by atoms with Crippen LogP contribution in [-0.2, 0) is 6.54 Å². The molecule has 2 heterocycles. The van der Waals surface area contributed by atoms with Gasteiger partial charge in [0.05, 0.1) is 5.69 Å². The number of H-pyrrole nitrogens is 1. The summed E-state index contributed by atoms with van der Waals surface area (Å²) in [6.45, 7) is 2.00. The predicted octanol–water partition coefficient (Wildman–Crippen LogP) is -0.00598. The number of nitrogens with two attached hydrogens (primary N) is 1. The highest BCUT2D eigenvalue weighted by molar-refractivity contribution is 5.47. The van der Waals surface area contributed by atoms with Crippen LogP contribution < -0.4 is 11.3 Å². The van der Waals surface area contributed by atoms with Gasteiger partial charge in [0.25, 0.3) is 5.56 Å². The van der Waals surface area contributed by atoms with Crippen LogP contribution >= 0.6 is 0 Å². The molecule has 0 aromatic carbocycles. The Morgan fingerprint density at radius 2 is 2.25 bits per heavy atom. The van der Waals surface area contributed by atoms with E-state index in [1.54, 1.807) is 19.2 Å². The van der Waals surface area contributed by atoms with Gasteiger partial charge < -0.3 is 10.7 Å². The Morgan fingerprint density at radius 3 is 2.94 bits per heavy atom. The number of hydrogen-bond donors (Lipinski definition) is 2. The van der Waals surface area contributed by atoms with Crippen LogP contribution in [0.5, 0.6) is 0 Å². The molecule has 0 aliphatic carbocycles. The summed E-state index contributed by atoms with van der Waals surface area (Å²) < 4.78 is 0. The third-order valence-corrected chi connectivity index (χ3v) is 2.02. The molecule has 0 fully saturated rings.